The summed E-state index contributed by atoms with van der Waals surface area (Å²) in [5.41, 5.74) is 4.72. The van der Waals surface area contributed by atoms with Gasteiger partial charge in [0.2, 0.25) is 0 Å². The van der Waals surface area contributed by atoms with Gasteiger partial charge in [-0.25, -0.2) is 19.2 Å². The van der Waals surface area contributed by atoms with E-state index in [9.17, 15) is 43.5 Å². The fourth-order valence-corrected chi connectivity index (χ4v) is 5.84. The topological polar surface area (TPSA) is 330 Å². The van der Waals surface area contributed by atoms with Crippen LogP contribution in [0.25, 0.3) is 0 Å². The number of aliphatic carboxylic acids is 6. The van der Waals surface area contributed by atoms with Crippen LogP contribution in [0.3, 0.4) is 0 Å². The van der Waals surface area contributed by atoms with Crippen LogP contribution in [0.5, 0.6) is 0 Å². The molecule has 2 aromatic rings. The number of rotatable bonds is 30. The summed E-state index contributed by atoms with van der Waals surface area (Å²) < 4.78 is 0. The first kappa shape index (κ1) is 53.7. The van der Waals surface area contributed by atoms with Crippen LogP contribution in [-0.4, -0.2) is 116 Å². The van der Waals surface area contributed by atoms with E-state index in [0.717, 1.165) is 31.5 Å². The van der Waals surface area contributed by atoms with Crippen LogP contribution >= 0.6 is 0 Å². The summed E-state index contributed by atoms with van der Waals surface area (Å²) in [5.74, 6) is -7.11. The van der Waals surface area contributed by atoms with Gasteiger partial charge in [0.15, 0.2) is 0 Å². The van der Waals surface area contributed by atoms with Gasteiger partial charge < -0.3 is 62.5 Å². The second-order valence-corrected chi connectivity index (χ2v) is 14.8. The monoisotopic (exact) mass is 874 g/mol. The lowest BCUT2D eigenvalue weighted by Crippen LogP contribution is -2.49. The zero-order valence-electron chi connectivity index (χ0n) is 35.2. The summed E-state index contributed by atoms with van der Waals surface area (Å²) in [7, 11) is 0. The molecular formula is C42H62N6O14. The Morgan fingerprint density at radius 3 is 1.21 bits per heavy atom. The zero-order chi connectivity index (χ0) is 46.5. The molecule has 344 valence electrons. The van der Waals surface area contributed by atoms with E-state index in [2.05, 4.69) is 44.0 Å². The number of hydrogen-bond donors (Lipinski definition) is 12. The van der Waals surface area contributed by atoms with Crippen LogP contribution in [0.4, 0.5) is 9.59 Å². The van der Waals surface area contributed by atoms with Gasteiger partial charge >= 0.3 is 47.9 Å². The molecule has 0 heterocycles. The van der Waals surface area contributed by atoms with Gasteiger partial charge in [-0.15, -0.1) is 0 Å². The molecule has 0 aliphatic heterocycles. The number of benzene rings is 2. The molecule has 0 saturated heterocycles. The molecule has 0 unspecified atom stereocenters. The SMILES string of the molecule is Cc1ccc(CNCCCC[C@@H](CC(=O)O)NC(=O)N[C@@H](CCC(=O)O)C(=O)O)cc1.Cc1ccc(CNCCCC[C@H](NC(=O)N[C@@H](CCC(=O)O)CC(=O)O)C(=O)O)cc1. The van der Waals surface area contributed by atoms with Crippen LogP contribution < -0.4 is 31.9 Å². The van der Waals surface area contributed by atoms with Crippen molar-refractivity contribution >= 4 is 47.9 Å². The molecule has 4 amide bonds. The number of aryl methyl sites for hydroxylation is 2. The van der Waals surface area contributed by atoms with E-state index < -0.39 is 84.9 Å². The lowest BCUT2D eigenvalue weighted by molar-refractivity contribution is -0.141. The van der Waals surface area contributed by atoms with Gasteiger partial charge in [-0.05, 0) is 83.0 Å². The predicted octanol–water partition coefficient (Wildman–Crippen LogP) is 3.43. The fourth-order valence-electron chi connectivity index (χ4n) is 5.84. The van der Waals surface area contributed by atoms with Gasteiger partial charge in [0.1, 0.15) is 12.1 Å². The number of nitrogens with one attached hydrogen (secondary N) is 6. The maximum atomic E-state index is 12.1. The lowest BCUT2D eigenvalue weighted by atomic mass is 10.1. The van der Waals surface area contributed by atoms with Crippen molar-refractivity contribution in [2.75, 3.05) is 13.1 Å². The van der Waals surface area contributed by atoms with Crippen molar-refractivity contribution in [1.29, 1.82) is 0 Å². The van der Waals surface area contributed by atoms with Gasteiger partial charge in [0.25, 0.3) is 0 Å². The summed E-state index contributed by atoms with van der Waals surface area (Å²) in [6.07, 6.45) is 1.56. The number of carbonyl (C=O) groups excluding carboxylic acids is 2. The van der Waals surface area contributed by atoms with Crippen LogP contribution in [0.15, 0.2) is 48.5 Å². The van der Waals surface area contributed by atoms with E-state index in [0.29, 0.717) is 32.4 Å². The number of unbranched alkanes of at least 4 members (excludes halogenated alkanes) is 2. The number of carbonyl (C=O) groups is 8. The number of carboxylic acid groups (broad SMARTS) is 6. The number of urea groups is 2. The van der Waals surface area contributed by atoms with Gasteiger partial charge in [0.05, 0.1) is 12.8 Å². The molecule has 0 aliphatic carbocycles. The average molecular weight is 875 g/mol. The molecule has 20 nitrogen and oxygen atoms in total. The smallest absolute Gasteiger partial charge is 0.326 e. The highest BCUT2D eigenvalue weighted by molar-refractivity contribution is 5.84. The molecule has 12 N–H and O–H groups in total. The third-order valence-corrected chi connectivity index (χ3v) is 9.22. The highest BCUT2D eigenvalue weighted by atomic mass is 16.4. The molecule has 0 bridgehead atoms. The highest BCUT2D eigenvalue weighted by Gasteiger charge is 2.24. The molecule has 4 atom stereocenters. The van der Waals surface area contributed by atoms with Crippen molar-refractivity contribution in [2.24, 2.45) is 0 Å². The van der Waals surface area contributed by atoms with Crippen LogP contribution in [0.2, 0.25) is 0 Å². The van der Waals surface area contributed by atoms with E-state index >= 15 is 0 Å². The van der Waals surface area contributed by atoms with E-state index in [4.69, 9.17) is 25.5 Å². The molecular weight excluding hydrogens is 812 g/mol. The van der Waals surface area contributed by atoms with Gasteiger partial charge in [-0.1, -0.05) is 66.1 Å². The minimum absolute atomic E-state index is 0.0700. The maximum absolute atomic E-state index is 12.1. The number of hydrogen-bond acceptors (Lipinski definition) is 10. The van der Waals surface area contributed by atoms with Crippen molar-refractivity contribution in [2.45, 2.75) is 128 Å². The Balaban J connectivity index is 0.000000620. The molecule has 62 heavy (non-hydrogen) atoms. The van der Waals surface area contributed by atoms with Gasteiger partial charge in [-0.2, -0.15) is 0 Å². The first-order valence-corrected chi connectivity index (χ1v) is 20.3. The third kappa shape index (κ3) is 27.5. The van der Waals surface area contributed by atoms with E-state index in [-0.39, 0.29) is 32.1 Å². The average Bonchev–Trinajstić information content (AvgIpc) is 3.18. The summed E-state index contributed by atoms with van der Waals surface area (Å²) in [5, 5.41) is 69.7. The summed E-state index contributed by atoms with van der Waals surface area (Å²) in [6, 6.07) is 10.6. The molecule has 0 saturated carbocycles. The Morgan fingerprint density at radius 2 is 0.823 bits per heavy atom. The van der Waals surface area contributed by atoms with Crippen molar-refractivity contribution < 1.29 is 69.0 Å². The van der Waals surface area contributed by atoms with Crippen LogP contribution in [0, 0.1) is 13.8 Å². The first-order chi connectivity index (χ1) is 29.3. The zero-order valence-corrected chi connectivity index (χ0v) is 35.2. The second kappa shape index (κ2) is 30.7. The Bertz CT molecular complexity index is 1720. The Kier molecular flexibility index (Phi) is 26.6. The van der Waals surface area contributed by atoms with Crippen molar-refractivity contribution in [3.05, 3.63) is 70.8 Å². The Morgan fingerprint density at radius 1 is 0.452 bits per heavy atom. The molecule has 0 fully saturated rings. The van der Waals surface area contributed by atoms with E-state index in [1.54, 1.807) is 0 Å². The minimum Gasteiger partial charge on any atom is -0.481 e. The molecule has 0 aromatic heterocycles. The lowest BCUT2D eigenvalue weighted by Gasteiger charge is -2.20. The van der Waals surface area contributed by atoms with E-state index in [1.165, 1.54) is 16.7 Å². The molecule has 0 aliphatic rings. The molecule has 20 heteroatoms. The van der Waals surface area contributed by atoms with E-state index in [1.807, 2.05) is 50.2 Å². The molecule has 0 radical (unpaired) electrons. The highest BCUT2D eigenvalue weighted by Crippen LogP contribution is 2.09. The summed E-state index contributed by atoms with van der Waals surface area (Å²) in [6.45, 7) is 6.92. The van der Waals surface area contributed by atoms with Gasteiger partial charge in [0, 0.05) is 38.0 Å². The molecule has 2 rings (SSSR count). The number of amides is 4. The summed E-state index contributed by atoms with van der Waals surface area (Å²) >= 11 is 0. The standard InChI is InChI=1S/2C21H31N3O7/c1-14-5-7-15(8-6-14)13-22-11-3-2-4-17(20(29)30)24-21(31)23-16(12-19(27)28)9-10-18(25)26;1-14-5-7-15(8-6-14)13-22-11-3-2-4-16(12-19(27)28)23-21(31)24-17(20(29)30)9-10-18(25)26/h2*5-8,16-17,22H,2-4,9-13H2,1H3,(H,25,26)(H,27,28)(H,29,30)(H2,23,24,31)/t2*16-,17-/m00/s1. The molecule has 0 spiro atoms. The summed E-state index contributed by atoms with van der Waals surface area (Å²) in [4.78, 5) is 90.0. The van der Waals surface area contributed by atoms with Crippen molar-refractivity contribution in [3.8, 4) is 0 Å². The normalized spacial score (nSPS) is 12.5. The second-order valence-electron chi connectivity index (χ2n) is 14.8. The fraction of sp³-hybridized carbons (Fsp3) is 0.524. The van der Waals surface area contributed by atoms with Gasteiger partial charge in [-0.3, -0.25) is 19.2 Å². The third-order valence-electron chi connectivity index (χ3n) is 9.22. The van der Waals surface area contributed by atoms with Crippen molar-refractivity contribution in [3.63, 3.8) is 0 Å². The quantitative estimate of drug-likeness (QED) is 0.0500. The van der Waals surface area contributed by atoms with Crippen LogP contribution in [-0.2, 0) is 41.9 Å². The largest absolute Gasteiger partial charge is 0.481 e. The maximum Gasteiger partial charge on any atom is 0.326 e. The van der Waals surface area contributed by atoms with Crippen molar-refractivity contribution in [1.82, 2.24) is 31.9 Å². The van der Waals surface area contributed by atoms with Crippen LogP contribution in [0.1, 0.15) is 99.3 Å². The molecule has 2 aromatic carbocycles. The first-order valence-electron chi connectivity index (χ1n) is 20.3. The predicted molar refractivity (Wildman–Crippen MR) is 225 cm³/mol. The Labute approximate surface area is 360 Å². The minimum atomic E-state index is -1.37. The number of carboxylic acids is 6. The Hall–Kier alpha value is -6.28.